The summed E-state index contributed by atoms with van der Waals surface area (Å²) in [5, 5.41) is 5.61. The molecule has 0 aliphatic carbocycles. The molecule has 1 atom stereocenters. The summed E-state index contributed by atoms with van der Waals surface area (Å²) in [6, 6.07) is 12.3. The molecule has 0 bridgehead atoms. The highest BCUT2D eigenvalue weighted by Crippen LogP contribution is 2.32. The number of amides is 2. The van der Waals surface area contributed by atoms with E-state index >= 15 is 0 Å². The van der Waals surface area contributed by atoms with Crippen molar-refractivity contribution in [3.05, 3.63) is 48.0 Å². The molecule has 6 heteroatoms. The molecule has 2 amide bonds. The van der Waals surface area contributed by atoms with Crippen LogP contribution >= 0.6 is 0 Å². The van der Waals surface area contributed by atoms with E-state index in [0.717, 1.165) is 12.8 Å². The van der Waals surface area contributed by atoms with Gasteiger partial charge in [-0.1, -0.05) is 25.5 Å². The predicted molar refractivity (Wildman–Crippen MR) is 100.0 cm³/mol. The van der Waals surface area contributed by atoms with E-state index in [-0.39, 0.29) is 11.8 Å². The Morgan fingerprint density at radius 2 is 2.08 bits per heavy atom. The number of benzene rings is 2. The van der Waals surface area contributed by atoms with Crippen molar-refractivity contribution in [2.75, 3.05) is 17.2 Å². The number of hydrogen-bond acceptors (Lipinski definition) is 4. The first-order valence-electron chi connectivity index (χ1n) is 8.73. The molecule has 1 unspecified atom stereocenters. The molecule has 0 saturated carbocycles. The number of nitrogens with one attached hydrogen (secondary N) is 2. The Balaban J connectivity index is 1.75. The van der Waals surface area contributed by atoms with Crippen molar-refractivity contribution in [1.82, 2.24) is 0 Å². The maximum absolute atomic E-state index is 12.6. The van der Waals surface area contributed by atoms with Gasteiger partial charge in [-0.15, -0.1) is 0 Å². The molecule has 1 aliphatic heterocycles. The van der Waals surface area contributed by atoms with Gasteiger partial charge in [0.1, 0.15) is 11.5 Å². The molecule has 0 aromatic heterocycles. The highest BCUT2D eigenvalue weighted by atomic mass is 16.5. The van der Waals surface area contributed by atoms with E-state index in [1.54, 1.807) is 43.3 Å². The summed E-state index contributed by atoms with van der Waals surface area (Å²) >= 11 is 0. The third kappa shape index (κ3) is 3.96. The van der Waals surface area contributed by atoms with Gasteiger partial charge in [0, 0.05) is 5.69 Å². The van der Waals surface area contributed by atoms with Gasteiger partial charge in [-0.05, 0) is 43.7 Å². The minimum atomic E-state index is -0.532. The third-order valence-corrected chi connectivity index (χ3v) is 4.06. The monoisotopic (exact) mass is 354 g/mol. The van der Waals surface area contributed by atoms with Gasteiger partial charge < -0.3 is 20.1 Å². The van der Waals surface area contributed by atoms with Gasteiger partial charge in [-0.3, -0.25) is 9.59 Å². The normalized spacial score (nSPS) is 15.5. The Labute approximate surface area is 152 Å². The quantitative estimate of drug-likeness (QED) is 0.773. The Bertz CT molecular complexity index is 819. The van der Waals surface area contributed by atoms with Crippen LogP contribution in [0.3, 0.4) is 0 Å². The molecular formula is C20H22N2O4. The Morgan fingerprint density at radius 3 is 2.88 bits per heavy atom. The van der Waals surface area contributed by atoms with Gasteiger partial charge in [0.2, 0.25) is 0 Å². The fourth-order valence-electron chi connectivity index (χ4n) is 2.59. The van der Waals surface area contributed by atoms with Crippen molar-refractivity contribution in [1.29, 1.82) is 0 Å². The first-order valence-corrected chi connectivity index (χ1v) is 8.73. The zero-order valence-electron chi connectivity index (χ0n) is 14.9. The summed E-state index contributed by atoms with van der Waals surface area (Å²) < 4.78 is 11.2. The average molecular weight is 354 g/mol. The van der Waals surface area contributed by atoms with E-state index in [9.17, 15) is 9.59 Å². The highest BCUT2D eigenvalue weighted by Gasteiger charge is 2.23. The number of fused-ring (bicyclic) bond motifs is 1. The number of carbonyl (C=O) groups excluding carboxylic acids is 2. The van der Waals surface area contributed by atoms with Crippen LogP contribution in [-0.2, 0) is 4.79 Å². The van der Waals surface area contributed by atoms with Crippen LogP contribution in [0.1, 0.15) is 37.0 Å². The lowest BCUT2D eigenvalue weighted by atomic mass is 10.1. The minimum absolute atomic E-state index is 0.212. The van der Waals surface area contributed by atoms with Crippen LogP contribution in [0.2, 0.25) is 0 Å². The molecule has 0 saturated heterocycles. The third-order valence-electron chi connectivity index (χ3n) is 4.06. The lowest BCUT2D eigenvalue weighted by molar-refractivity contribution is -0.122. The van der Waals surface area contributed by atoms with Crippen LogP contribution in [0, 0.1) is 0 Å². The molecule has 26 heavy (non-hydrogen) atoms. The van der Waals surface area contributed by atoms with Gasteiger partial charge >= 0.3 is 0 Å². The number of unbranched alkanes of at least 4 members (excludes halogenated alkanes) is 1. The molecule has 0 spiro atoms. The van der Waals surface area contributed by atoms with Crippen molar-refractivity contribution in [3.63, 3.8) is 0 Å². The second kappa shape index (κ2) is 7.91. The van der Waals surface area contributed by atoms with E-state index in [1.165, 1.54) is 0 Å². The fraction of sp³-hybridized carbons (Fsp3) is 0.300. The Kier molecular flexibility index (Phi) is 5.41. The molecule has 2 aromatic rings. The molecule has 136 valence electrons. The van der Waals surface area contributed by atoms with Crippen LogP contribution in [0.15, 0.2) is 42.5 Å². The van der Waals surface area contributed by atoms with Gasteiger partial charge in [0.15, 0.2) is 6.10 Å². The Morgan fingerprint density at radius 1 is 1.27 bits per heavy atom. The second-order valence-corrected chi connectivity index (χ2v) is 6.11. The fourth-order valence-corrected chi connectivity index (χ4v) is 2.59. The second-order valence-electron chi connectivity index (χ2n) is 6.11. The molecular weight excluding hydrogens is 332 g/mol. The summed E-state index contributed by atoms with van der Waals surface area (Å²) in [4.78, 5) is 24.4. The maximum Gasteiger partial charge on any atom is 0.265 e. The summed E-state index contributed by atoms with van der Waals surface area (Å²) in [6.45, 7) is 4.34. The van der Waals surface area contributed by atoms with Gasteiger partial charge in [-0.2, -0.15) is 0 Å². The van der Waals surface area contributed by atoms with Crippen LogP contribution in [-0.4, -0.2) is 24.5 Å². The van der Waals surface area contributed by atoms with Crippen LogP contribution in [0.25, 0.3) is 0 Å². The lowest BCUT2D eigenvalue weighted by Crippen LogP contribution is -2.34. The highest BCUT2D eigenvalue weighted by molar-refractivity contribution is 6.07. The summed E-state index contributed by atoms with van der Waals surface area (Å²) in [7, 11) is 0. The van der Waals surface area contributed by atoms with Crippen LogP contribution < -0.4 is 20.1 Å². The van der Waals surface area contributed by atoms with Crippen molar-refractivity contribution in [2.24, 2.45) is 0 Å². The first-order chi connectivity index (χ1) is 12.6. The predicted octanol–water partition coefficient (Wildman–Crippen LogP) is 3.84. The van der Waals surface area contributed by atoms with Crippen molar-refractivity contribution >= 4 is 23.2 Å². The maximum atomic E-state index is 12.6. The summed E-state index contributed by atoms with van der Waals surface area (Å²) in [6.07, 6.45) is 1.42. The molecule has 2 N–H and O–H groups in total. The summed E-state index contributed by atoms with van der Waals surface area (Å²) in [5.74, 6) is 0.657. The van der Waals surface area contributed by atoms with Gasteiger partial charge in [-0.25, -0.2) is 0 Å². The van der Waals surface area contributed by atoms with Crippen molar-refractivity contribution in [3.8, 4) is 11.5 Å². The zero-order valence-corrected chi connectivity index (χ0v) is 14.9. The number of hydrogen-bond donors (Lipinski definition) is 2. The topological polar surface area (TPSA) is 76.7 Å². The zero-order chi connectivity index (χ0) is 18.5. The Hall–Kier alpha value is -3.02. The van der Waals surface area contributed by atoms with Crippen LogP contribution in [0.4, 0.5) is 11.4 Å². The number of anilines is 2. The molecule has 6 nitrogen and oxygen atoms in total. The van der Waals surface area contributed by atoms with Crippen LogP contribution in [0.5, 0.6) is 11.5 Å². The van der Waals surface area contributed by atoms with Crippen molar-refractivity contribution < 1.29 is 19.1 Å². The lowest BCUT2D eigenvalue weighted by Gasteiger charge is -2.23. The number of rotatable bonds is 6. The first kappa shape index (κ1) is 17.8. The van der Waals surface area contributed by atoms with E-state index < -0.39 is 6.10 Å². The number of ether oxygens (including phenoxy) is 2. The van der Waals surface area contributed by atoms with E-state index in [4.69, 9.17) is 9.47 Å². The SMILES string of the molecule is CCCCOc1ccccc1C(=O)Nc1ccc2c(c1)NC(=O)C(C)O2. The number of carbonyl (C=O) groups is 2. The smallest absolute Gasteiger partial charge is 0.265 e. The van der Waals surface area contributed by atoms with E-state index in [0.29, 0.717) is 35.0 Å². The van der Waals surface area contributed by atoms with Gasteiger partial charge in [0.25, 0.3) is 11.8 Å². The largest absolute Gasteiger partial charge is 0.493 e. The van der Waals surface area contributed by atoms with E-state index in [2.05, 4.69) is 17.6 Å². The molecule has 0 radical (unpaired) electrons. The average Bonchev–Trinajstić information content (AvgIpc) is 2.63. The van der Waals surface area contributed by atoms with Gasteiger partial charge in [0.05, 0.1) is 17.9 Å². The molecule has 1 aliphatic rings. The standard InChI is InChI=1S/C20H22N2O4/c1-3-4-11-25-17-8-6-5-7-15(17)20(24)21-14-9-10-18-16(12-14)22-19(23)13(2)26-18/h5-10,12-13H,3-4,11H2,1-2H3,(H,21,24)(H,22,23). The minimum Gasteiger partial charge on any atom is -0.493 e. The molecule has 0 fully saturated rings. The molecule has 2 aromatic carbocycles. The number of para-hydroxylation sites is 1. The molecule has 1 heterocycles. The molecule has 3 rings (SSSR count). The summed E-state index contributed by atoms with van der Waals surface area (Å²) in [5.41, 5.74) is 1.57. The van der Waals surface area contributed by atoms with Crippen molar-refractivity contribution in [2.45, 2.75) is 32.8 Å². The van der Waals surface area contributed by atoms with E-state index in [1.807, 2.05) is 6.07 Å².